The molecule has 2 aromatic rings. The second-order valence-electron chi connectivity index (χ2n) is 5.82. The summed E-state index contributed by atoms with van der Waals surface area (Å²) in [4.78, 5) is 36.1. The molecule has 0 saturated heterocycles. The van der Waals surface area contributed by atoms with Crippen LogP contribution < -0.4 is 11.1 Å². The van der Waals surface area contributed by atoms with Crippen LogP contribution >= 0.6 is 11.3 Å². The molecule has 2 aromatic heterocycles. The highest BCUT2D eigenvalue weighted by molar-refractivity contribution is 7.17. The third kappa shape index (κ3) is 3.26. The molecule has 0 spiro atoms. The van der Waals surface area contributed by atoms with E-state index in [0.717, 1.165) is 42.4 Å². The van der Waals surface area contributed by atoms with E-state index in [-0.39, 0.29) is 12.3 Å². The lowest BCUT2D eigenvalue weighted by atomic mass is 9.95. The number of aromatic nitrogens is 1. The second kappa shape index (κ2) is 7.00. The van der Waals surface area contributed by atoms with Crippen LogP contribution in [0.4, 0.5) is 5.00 Å². The number of thiophene rings is 1. The van der Waals surface area contributed by atoms with Gasteiger partial charge in [-0.2, -0.15) is 0 Å². The maximum atomic E-state index is 12.2. The summed E-state index contributed by atoms with van der Waals surface area (Å²) in [5, 5.41) is 3.38. The van der Waals surface area contributed by atoms with Crippen LogP contribution in [0, 0.1) is 0 Å². The zero-order valence-corrected chi connectivity index (χ0v) is 14.0. The van der Waals surface area contributed by atoms with Gasteiger partial charge >= 0.3 is 0 Å². The molecule has 1 aliphatic carbocycles. The maximum Gasteiger partial charge on any atom is 0.251 e. The van der Waals surface area contributed by atoms with E-state index in [2.05, 4.69) is 5.32 Å². The van der Waals surface area contributed by atoms with Gasteiger partial charge in [0.15, 0.2) is 6.29 Å². The first-order valence-electron chi connectivity index (χ1n) is 7.94. The molecular formula is C17H19N3O3S. The van der Waals surface area contributed by atoms with Crippen molar-refractivity contribution in [3.63, 3.8) is 0 Å². The molecule has 6 nitrogen and oxygen atoms in total. The van der Waals surface area contributed by atoms with E-state index < -0.39 is 5.91 Å². The molecule has 1 aliphatic rings. The van der Waals surface area contributed by atoms with Gasteiger partial charge in [-0.25, -0.2) is 0 Å². The van der Waals surface area contributed by atoms with Crippen molar-refractivity contribution >= 4 is 34.4 Å². The van der Waals surface area contributed by atoms with Crippen LogP contribution in [0.15, 0.2) is 18.3 Å². The molecule has 126 valence electrons. The van der Waals surface area contributed by atoms with Crippen molar-refractivity contribution in [2.75, 3.05) is 5.32 Å². The van der Waals surface area contributed by atoms with Crippen LogP contribution in [0.25, 0.3) is 0 Å². The number of nitrogens with one attached hydrogen (secondary N) is 1. The van der Waals surface area contributed by atoms with Crippen molar-refractivity contribution in [3.8, 4) is 0 Å². The van der Waals surface area contributed by atoms with Gasteiger partial charge in [0.25, 0.3) is 5.91 Å². The normalized spacial score (nSPS) is 13.3. The Morgan fingerprint density at radius 2 is 2.12 bits per heavy atom. The lowest BCUT2D eigenvalue weighted by Gasteiger charge is -2.11. The number of aryl methyl sites for hydroxylation is 2. The number of nitrogens with two attached hydrogens (primary N) is 1. The Morgan fingerprint density at radius 1 is 1.33 bits per heavy atom. The number of primary amides is 1. The van der Waals surface area contributed by atoms with Crippen molar-refractivity contribution in [3.05, 3.63) is 40.0 Å². The summed E-state index contributed by atoms with van der Waals surface area (Å²) in [6.45, 7) is 0.407. The Kier molecular flexibility index (Phi) is 4.80. The Hall–Kier alpha value is -2.41. The Balaban J connectivity index is 1.71. The van der Waals surface area contributed by atoms with Gasteiger partial charge < -0.3 is 15.6 Å². The van der Waals surface area contributed by atoms with E-state index in [0.29, 0.717) is 22.8 Å². The molecule has 0 bridgehead atoms. The van der Waals surface area contributed by atoms with E-state index in [1.807, 2.05) is 0 Å². The number of hydrogen-bond acceptors (Lipinski definition) is 4. The number of anilines is 1. The molecule has 7 heteroatoms. The predicted molar refractivity (Wildman–Crippen MR) is 92.5 cm³/mol. The lowest BCUT2D eigenvalue weighted by molar-refractivity contribution is -0.116. The number of nitrogens with zero attached hydrogens (tertiary/aromatic N) is 1. The minimum atomic E-state index is -0.488. The number of carbonyl (C=O) groups is 3. The highest BCUT2D eigenvalue weighted by Crippen LogP contribution is 2.37. The van der Waals surface area contributed by atoms with Gasteiger partial charge in [0.1, 0.15) is 5.00 Å². The first-order chi connectivity index (χ1) is 11.6. The first-order valence-corrected chi connectivity index (χ1v) is 8.76. The Morgan fingerprint density at radius 3 is 2.88 bits per heavy atom. The first kappa shape index (κ1) is 16.4. The molecule has 3 N–H and O–H groups in total. The van der Waals surface area contributed by atoms with Crippen molar-refractivity contribution in [2.24, 2.45) is 5.73 Å². The molecule has 0 radical (unpaired) electrons. The molecule has 0 aliphatic heterocycles. The zero-order chi connectivity index (χ0) is 17.1. The fourth-order valence-electron chi connectivity index (χ4n) is 3.06. The van der Waals surface area contributed by atoms with Crippen molar-refractivity contribution in [1.82, 2.24) is 4.57 Å². The third-order valence-electron chi connectivity index (χ3n) is 4.24. The molecule has 3 rings (SSSR count). The third-order valence-corrected chi connectivity index (χ3v) is 5.44. The number of carbonyl (C=O) groups excluding carboxylic acids is 3. The quantitative estimate of drug-likeness (QED) is 0.787. The van der Waals surface area contributed by atoms with Crippen molar-refractivity contribution in [2.45, 2.75) is 38.6 Å². The fraction of sp³-hybridized carbons (Fsp3) is 0.353. The summed E-state index contributed by atoms with van der Waals surface area (Å²) in [6, 6.07) is 3.46. The molecule has 0 aromatic carbocycles. The van der Waals surface area contributed by atoms with Gasteiger partial charge in [0, 0.05) is 24.0 Å². The van der Waals surface area contributed by atoms with E-state index in [1.165, 1.54) is 11.3 Å². The van der Waals surface area contributed by atoms with Gasteiger partial charge in [-0.1, -0.05) is 0 Å². The molecule has 0 unspecified atom stereocenters. The molecule has 0 saturated carbocycles. The minimum Gasteiger partial charge on any atom is -0.365 e. The Bertz CT molecular complexity index is 791. The number of amides is 2. The highest BCUT2D eigenvalue weighted by Gasteiger charge is 2.24. The summed E-state index contributed by atoms with van der Waals surface area (Å²) in [7, 11) is 0. The van der Waals surface area contributed by atoms with E-state index in [1.54, 1.807) is 22.9 Å². The molecular weight excluding hydrogens is 326 g/mol. The van der Waals surface area contributed by atoms with Gasteiger partial charge in [0.2, 0.25) is 5.91 Å². The highest BCUT2D eigenvalue weighted by atomic mass is 32.1. The smallest absolute Gasteiger partial charge is 0.251 e. The summed E-state index contributed by atoms with van der Waals surface area (Å²) < 4.78 is 1.72. The van der Waals surface area contributed by atoms with Gasteiger partial charge in [0.05, 0.1) is 11.3 Å². The SMILES string of the molecule is NC(=O)c1c(NC(=O)CCn2cccc2C=O)sc2c1CCCC2. The molecule has 0 fully saturated rings. The van der Waals surface area contributed by atoms with E-state index in [9.17, 15) is 14.4 Å². The minimum absolute atomic E-state index is 0.193. The van der Waals surface area contributed by atoms with Gasteiger partial charge in [-0.3, -0.25) is 14.4 Å². The Labute approximate surface area is 143 Å². The van der Waals surface area contributed by atoms with Gasteiger partial charge in [-0.15, -0.1) is 11.3 Å². The average molecular weight is 345 g/mol. The number of rotatable bonds is 6. The fourth-order valence-corrected chi connectivity index (χ4v) is 4.37. The monoisotopic (exact) mass is 345 g/mol. The summed E-state index contributed by atoms with van der Waals surface area (Å²) in [5.41, 5.74) is 7.53. The molecule has 2 heterocycles. The molecule has 2 amide bonds. The largest absolute Gasteiger partial charge is 0.365 e. The van der Waals surface area contributed by atoms with Gasteiger partial charge in [-0.05, 0) is 43.4 Å². The van der Waals surface area contributed by atoms with E-state index >= 15 is 0 Å². The number of aldehydes is 1. The second-order valence-corrected chi connectivity index (χ2v) is 6.93. The van der Waals surface area contributed by atoms with Crippen LogP contribution in [0.3, 0.4) is 0 Å². The summed E-state index contributed by atoms with van der Waals surface area (Å²) >= 11 is 1.45. The van der Waals surface area contributed by atoms with Crippen LogP contribution in [0.2, 0.25) is 0 Å². The zero-order valence-electron chi connectivity index (χ0n) is 13.2. The summed E-state index contributed by atoms with van der Waals surface area (Å²) in [6.07, 6.45) is 6.65. The molecule has 24 heavy (non-hydrogen) atoms. The van der Waals surface area contributed by atoms with Crippen LogP contribution in [-0.2, 0) is 24.2 Å². The number of hydrogen-bond donors (Lipinski definition) is 2. The maximum absolute atomic E-state index is 12.2. The van der Waals surface area contributed by atoms with E-state index in [4.69, 9.17) is 5.73 Å². The standard InChI is InChI=1S/C17H19N3O3S/c18-16(23)15-12-5-1-2-6-13(12)24-17(15)19-14(22)7-9-20-8-3-4-11(20)10-21/h3-4,8,10H,1-2,5-7,9H2,(H2,18,23)(H,19,22). The lowest BCUT2D eigenvalue weighted by Crippen LogP contribution is -2.19. The number of fused-ring (bicyclic) bond motifs is 1. The van der Waals surface area contributed by atoms with Crippen LogP contribution in [-0.4, -0.2) is 22.7 Å². The predicted octanol–water partition coefficient (Wildman–Crippen LogP) is 2.37. The molecule has 0 atom stereocenters. The average Bonchev–Trinajstić information content (AvgIpc) is 3.16. The van der Waals surface area contributed by atoms with Crippen LogP contribution in [0.5, 0.6) is 0 Å². The van der Waals surface area contributed by atoms with Crippen molar-refractivity contribution < 1.29 is 14.4 Å². The topological polar surface area (TPSA) is 94.2 Å². The van der Waals surface area contributed by atoms with Crippen molar-refractivity contribution in [1.29, 1.82) is 0 Å². The summed E-state index contributed by atoms with van der Waals surface area (Å²) in [5.74, 6) is -0.681. The van der Waals surface area contributed by atoms with Crippen LogP contribution in [0.1, 0.15) is 50.5 Å².